The van der Waals surface area contributed by atoms with E-state index in [-0.39, 0.29) is 31.7 Å². The van der Waals surface area contributed by atoms with Gasteiger partial charge in [0.15, 0.2) is 17.7 Å². The molecule has 12 heteroatoms. The monoisotopic (exact) mass is 483 g/mol. The van der Waals surface area contributed by atoms with Crippen LogP contribution in [0.2, 0.25) is 0 Å². The molecule has 0 saturated carbocycles. The van der Waals surface area contributed by atoms with Gasteiger partial charge in [-0.2, -0.15) is 0 Å². The molecule has 4 N–H and O–H groups in total. The molecule has 3 rings (SSSR count). The summed E-state index contributed by atoms with van der Waals surface area (Å²) in [6.45, 7) is 0.857. The van der Waals surface area contributed by atoms with Crippen LogP contribution in [0, 0.1) is 0 Å². The minimum absolute atomic E-state index is 0.0525. The van der Waals surface area contributed by atoms with Gasteiger partial charge in [0.2, 0.25) is 0 Å². The van der Waals surface area contributed by atoms with Crippen molar-refractivity contribution in [3.63, 3.8) is 0 Å². The van der Waals surface area contributed by atoms with Crippen molar-refractivity contribution in [2.75, 3.05) is 68.7 Å². The molecule has 2 aliphatic heterocycles. The molecule has 2 heterocycles. The summed E-state index contributed by atoms with van der Waals surface area (Å²) in [5.41, 5.74) is 0.435. The quantitative estimate of drug-likeness (QED) is 0.345. The summed E-state index contributed by atoms with van der Waals surface area (Å²) in [6, 6.07) is 6.81. The molecule has 2 amide bonds. The third kappa shape index (κ3) is 8.71. The summed E-state index contributed by atoms with van der Waals surface area (Å²) in [5.74, 6) is 0.853. The lowest BCUT2D eigenvalue weighted by atomic mass is 10.3. The number of para-hydroxylation sites is 2. The Balaban J connectivity index is 0.000000270. The summed E-state index contributed by atoms with van der Waals surface area (Å²) >= 11 is 0. The lowest BCUT2D eigenvalue weighted by Gasteiger charge is -2.39. The highest BCUT2D eigenvalue weighted by Crippen LogP contribution is 2.25. The number of benzene rings is 1. The summed E-state index contributed by atoms with van der Waals surface area (Å²) in [7, 11) is 10.8. The van der Waals surface area contributed by atoms with E-state index in [2.05, 4.69) is 31.5 Å². The van der Waals surface area contributed by atoms with Crippen LogP contribution in [0.15, 0.2) is 40.8 Å². The molecule has 34 heavy (non-hydrogen) atoms. The smallest absolute Gasteiger partial charge is 0.325 e. The lowest BCUT2D eigenvalue weighted by Crippen LogP contribution is -2.52. The molecule has 0 aromatic heterocycles. The van der Waals surface area contributed by atoms with Gasteiger partial charge >= 0.3 is 6.03 Å². The zero-order valence-corrected chi connectivity index (χ0v) is 20.6. The maximum atomic E-state index is 11.5. The first kappa shape index (κ1) is 29.0. The molecule has 0 fully saturated rings. The van der Waals surface area contributed by atoms with Crippen molar-refractivity contribution < 1.29 is 39.2 Å². The lowest BCUT2D eigenvalue weighted by molar-refractivity contribution is -0.870. The van der Waals surface area contributed by atoms with E-state index >= 15 is 0 Å². The molecule has 0 spiro atoms. The summed E-state index contributed by atoms with van der Waals surface area (Å²) in [5, 5.41) is 40.2. The predicted octanol–water partition coefficient (Wildman–Crippen LogP) is -1.42. The van der Waals surface area contributed by atoms with Gasteiger partial charge in [0.25, 0.3) is 0 Å². The number of aliphatic hydroxyl groups is 3. The highest BCUT2D eigenvalue weighted by Gasteiger charge is 2.33. The number of hydrogen-bond acceptors (Lipinski definition) is 9. The molecular formula is C22H37N5O7. The Labute approximate surface area is 200 Å². The largest absolute Gasteiger partial charge is 0.859 e. The number of carbonyl (C=O) groups is 1. The average molecular weight is 484 g/mol. The zero-order chi connectivity index (χ0) is 25.9. The predicted molar refractivity (Wildman–Crippen MR) is 125 cm³/mol. The molecule has 2 aliphatic rings. The zero-order valence-electron chi connectivity index (χ0n) is 20.6. The van der Waals surface area contributed by atoms with Gasteiger partial charge in [0, 0.05) is 14.1 Å². The fourth-order valence-electron chi connectivity index (χ4n) is 2.68. The van der Waals surface area contributed by atoms with Crippen LogP contribution in [0.4, 0.5) is 4.79 Å². The number of rotatable bonds is 7. The number of quaternary nitrogens is 1. The van der Waals surface area contributed by atoms with Gasteiger partial charge in [0.05, 0.1) is 53.5 Å². The van der Waals surface area contributed by atoms with Crippen LogP contribution in [0.3, 0.4) is 0 Å². The molecule has 2 unspecified atom stereocenters. The fraction of sp³-hybridized carbons (Fsp3) is 0.545. The molecule has 2 atom stereocenters. The number of hydrogen-bond donors (Lipinski definition) is 4. The van der Waals surface area contributed by atoms with E-state index in [1.54, 1.807) is 26.3 Å². The Morgan fingerprint density at radius 3 is 2.32 bits per heavy atom. The van der Waals surface area contributed by atoms with Gasteiger partial charge in [-0.15, -0.1) is 0 Å². The number of nitrogens with one attached hydrogen (secondary N) is 1. The highest BCUT2D eigenvalue weighted by molar-refractivity contribution is 5.79. The van der Waals surface area contributed by atoms with Crippen molar-refractivity contribution in [2.45, 2.75) is 12.3 Å². The maximum Gasteiger partial charge on any atom is 0.325 e. The van der Waals surface area contributed by atoms with Crippen molar-refractivity contribution in [1.29, 1.82) is 0 Å². The van der Waals surface area contributed by atoms with Gasteiger partial charge in [-0.1, -0.05) is 12.1 Å². The number of ether oxygens (including phenoxy) is 2. The SMILES string of the molecule is CN1C(=O)N(C)C2N=CNC2=C1[O-].COc1ccccc1OCC(O)CO.C[N+](C)(C)CCO. The van der Waals surface area contributed by atoms with Crippen LogP contribution >= 0.6 is 0 Å². The normalized spacial score (nSPS) is 17.7. The van der Waals surface area contributed by atoms with E-state index in [9.17, 15) is 9.90 Å². The van der Waals surface area contributed by atoms with Crippen molar-refractivity contribution >= 4 is 12.4 Å². The molecule has 1 aromatic carbocycles. The van der Waals surface area contributed by atoms with Crippen molar-refractivity contribution in [1.82, 2.24) is 15.1 Å². The van der Waals surface area contributed by atoms with Gasteiger partial charge in [-0.3, -0.25) is 4.90 Å². The van der Waals surface area contributed by atoms with Crippen LogP contribution in [-0.4, -0.2) is 123 Å². The summed E-state index contributed by atoms with van der Waals surface area (Å²) in [4.78, 5) is 17.8. The van der Waals surface area contributed by atoms with Crippen molar-refractivity contribution in [2.24, 2.45) is 4.99 Å². The molecule has 192 valence electrons. The molecule has 0 aliphatic carbocycles. The van der Waals surface area contributed by atoms with E-state index in [4.69, 9.17) is 24.8 Å². The first-order chi connectivity index (χ1) is 16.0. The summed E-state index contributed by atoms with van der Waals surface area (Å²) < 4.78 is 11.1. The Bertz CT molecular complexity index is 841. The molecule has 0 radical (unpaired) electrons. The number of carbonyl (C=O) groups excluding carboxylic acids is 1. The topological polar surface area (TPSA) is 150 Å². The Morgan fingerprint density at radius 2 is 1.82 bits per heavy atom. The molecule has 0 saturated heterocycles. The second-order valence-corrected chi connectivity index (χ2v) is 8.50. The number of aliphatic hydroxyl groups excluding tert-OH is 3. The number of fused-ring (bicyclic) bond motifs is 1. The standard InChI is InChI=1S/C10H14O4.C7H10N4O2.C5H14NO/c1-13-9-4-2-3-5-10(9)14-7-8(12)6-11;1-10-5-4(8-3-9-5)6(12)11(2)7(10)13;1-6(2,3)4-5-7/h2-5,8,11-12H,6-7H2,1H3;3,5,12H,1-2H3,(H,8,9);7H,4-5H2,1-3H3/q;;+1/p-1. The third-order valence-corrected chi connectivity index (χ3v) is 4.67. The van der Waals surface area contributed by atoms with E-state index in [0.29, 0.717) is 17.2 Å². The Morgan fingerprint density at radius 1 is 1.21 bits per heavy atom. The van der Waals surface area contributed by atoms with Crippen LogP contribution in [-0.2, 0) is 0 Å². The minimum Gasteiger partial charge on any atom is -0.859 e. The van der Waals surface area contributed by atoms with Gasteiger partial charge in [-0.25, -0.2) is 9.79 Å². The second kappa shape index (κ2) is 13.6. The van der Waals surface area contributed by atoms with E-state index in [1.165, 1.54) is 18.3 Å². The number of urea groups is 1. The number of methoxy groups -OCH3 is 1. The Kier molecular flexibility index (Phi) is 11.6. The Hall–Kier alpha value is -3.06. The van der Waals surface area contributed by atoms with Gasteiger partial charge in [-0.05, 0) is 18.0 Å². The van der Waals surface area contributed by atoms with Crippen LogP contribution < -0.4 is 19.9 Å². The van der Waals surface area contributed by atoms with E-state index in [1.807, 2.05) is 12.1 Å². The van der Waals surface area contributed by atoms with Gasteiger partial charge in [0.1, 0.15) is 19.3 Å². The molecule has 12 nitrogen and oxygen atoms in total. The van der Waals surface area contributed by atoms with Crippen molar-refractivity contribution in [3.05, 3.63) is 35.8 Å². The van der Waals surface area contributed by atoms with E-state index in [0.717, 1.165) is 15.9 Å². The number of aliphatic imine (C=N–C) groups is 1. The third-order valence-electron chi connectivity index (χ3n) is 4.67. The van der Waals surface area contributed by atoms with Gasteiger partial charge < -0.3 is 44.6 Å². The van der Waals surface area contributed by atoms with Crippen LogP contribution in [0.25, 0.3) is 0 Å². The fourth-order valence-corrected chi connectivity index (χ4v) is 2.68. The number of amides is 2. The molecule has 1 aromatic rings. The van der Waals surface area contributed by atoms with Crippen molar-refractivity contribution in [3.8, 4) is 11.5 Å². The van der Waals surface area contributed by atoms with E-state index < -0.39 is 12.3 Å². The minimum atomic E-state index is -0.861. The summed E-state index contributed by atoms with van der Waals surface area (Å²) in [6.07, 6.45) is 0.108. The maximum absolute atomic E-state index is 11.5. The number of likely N-dealkylation sites (N-methyl/N-ethyl adjacent to an activating group) is 2. The first-order valence-electron chi connectivity index (χ1n) is 10.6. The molecular weight excluding hydrogens is 446 g/mol. The first-order valence-corrected chi connectivity index (χ1v) is 10.6. The average Bonchev–Trinajstić information content (AvgIpc) is 3.30. The second-order valence-electron chi connectivity index (χ2n) is 8.50. The number of nitrogens with zero attached hydrogens (tertiary/aromatic N) is 4. The van der Waals surface area contributed by atoms with Crippen LogP contribution in [0.5, 0.6) is 11.5 Å². The molecule has 0 bridgehead atoms. The highest BCUT2D eigenvalue weighted by atomic mass is 16.5. The van der Waals surface area contributed by atoms with Crippen LogP contribution in [0.1, 0.15) is 0 Å².